The van der Waals surface area contributed by atoms with Gasteiger partial charge in [-0.3, -0.25) is 10.1 Å². The van der Waals surface area contributed by atoms with Crippen LogP contribution in [0.3, 0.4) is 0 Å². The molecule has 3 rings (SSSR count). The number of aromatic amines is 1. The molecule has 0 aliphatic carbocycles. The quantitative estimate of drug-likeness (QED) is 0.645. The van der Waals surface area contributed by atoms with Crippen molar-refractivity contribution in [3.8, 4) is 0 Å². The number of carboxylic acid groups (broad SMARTS) is 1. The van der Waals surface area contributed by atoms with Crippen molar-refractivity contribution >= 4 is 40.2 Å². The predicted molar refractivity (Wildman–Crippen MR) is 75.5 cm³/mol. The molecule has 0 aliphatic rings. The van der Waals surface area contributed by atoms with Crippen LogP contribution in [0.5, 0.6) is 0 Å². The number of ketones is 1. The number of carbonyl (C=O) groups excluding carboxylic acids is 1. The summed E-state index contributed by atoms with van der Waals surface area (Å²) < 4.78 is 0. The van der Waals surface area contributed by atoms with E-state index in [0.717, 1.165) is 0 Å². The lowest BCUT2D eigenvalue weighted by molar-refractivity contribution is 0.104. The topological polar surface area (TPSA) is 95.1 Å². The van der Waals surface area contributed by atoms with Crippen LogP contribution in [0.4, 0.5) is 10.7 Å². The molecular formula is C13H9N3O3S. The van der Waals surface area contributed by atoms with Crippen LogP contribution in [-0.2, 0) is 0 Å². The Morgan fingerprint density at radius 1 is 1.30 bits per heavy atom. The van der Waals surface area contributed by atoms with Crippen molar-refractivity contribution in [1.82, 2.24) is 9.97 Å². The van der Waals surface area contributed by atoms with Crippen LogP contribution in [0.2, 0.25) is 0 Å². The number of rotatable bonds is 3. The zero-order chi connectivity index (χ0) is 14.1. The number of hydrogen-bond donors (Lipinski definition) is 3. The minimum Gasteiger partial charge on any atom is -0.465 e. The molecule has 0 saturated carbocycles. The lowest BCUT2D eigenvalue weighted by atomic mass is 10.1. The van der Waals surface area contributed by atoms with Gasteiger partial charge in [0.15, 0.2) is 0 Å². The summed E-state index contributed by atoms with van der Waals surface area (Å²) in [7, 11) is 0. The summed E-state index contributed by atoms with van der Waals surface area (Å²) >= 11 is 1.38. The minimum absolute atomic E-state index is 0.0655. The molecule has 0 atom stereocenters. The maximum Gasteiger partial charge on any atom is 0.411 e. The molecule has 0 spiro atoms. The van der Waals surface area contributed by atoms with Crippen LogP contribution < -0.4 is 5.32 Å². The van der Waals surface area contributed by atoms with E-state index in [9.17, 15) is 9.59 Å². The Kier molecular flexibility index (Phi) is 2.96. The Balaban J connectivity index is 1.98. The first-order valence-electron chi connectivity index (χ1n) is 5.71. The van der Waals surface area contributed by atoms with E-state index < -0.39 is 6.09 Å². The van der Waals surface area contributed by atoms with Gasteiger partial charge in [0.25, 0.3) is 0 Å². The number of imidazole rings is 1. The highest BCUT2D eigenvalue weighted by molar-refractivity contribution is 7.12. The second-order valence-corrected chi connectivity index (χ2v) is 5.00. The van der Waals surface area contributed by atoms with E-state index in [0.29, 0.717) is 21.5 Å². The van der Waals surface area contributed by atoms with E-state index in [1.54, 1.807) is 24.3 Å². The molecular weight excluding hydrogens is 278 g/mol. The third-order valence-electron chi connectivity index (χ3n) is 2.71. The van der Waals surface area contributed by atoms with Gasteiger partial charge in [-0.2, -0.15) is 0 Å². The lowest BCUT2D eigenvalue weighted by Crippen LogP contribution is -2.08. The lowest BCUT2D eigenvalue weighted by Gasteiger charge is -1.97. The van der Waals surface area contributed by atoms with Gasteiger partial charge in [0.2, 0.25) is 11.7 Å². The van der Waals surface area contributed by atoms with Crippen LogP contribution in [0.25, 0.3) is 11.0 Å². The summed E-state index contributed by atoms with van der Waals surface area (Å²) in [5.41, 5.74) is 1.73. The molecule has 100 valence electrons. The van der Waals surface area contributed by atoms with Gasteiger partial charge in [0, 0.05) is 5.56 Å². The van der Waals surface area contributed by atoms with Crippen molar-refractivity contribution in [2.45, 2.75) is 0 Å². The Hall–Kier alpha value is -2.67. The fourth-order valence-electron chi connectivity index (χ4n) is 1.86. The molecule has 2 aromatic heterocycles. The molecule has 7 heteroatoms. The van der Waals surface area contributed by atoms with Crippen molar-refractivity contribution < 1.29 is 14.7 Å². The van der Waals surface area contributed by atoms with Gasteiger partial charge in [0.1, 0.15) is 0 Å². The summed E-state index contributed by atoms with van der Waals surface area (Å²) in [5, 5.41) is 12.6. The summed E-state index contributed by atoms with van der Waals surface area (Å²) in [6, 6.07) is 8.61. The average Bonchev–Trinajstić information content (AvgIpc) is 3.04. The summed E-state index contributed by atoms with van der Waals surface area (Å²) in [5.74, 6) is 0.0671. The van der Waals surface area contributed by atoms with Crippen LogP contribution in [-0.4, -0.2) is 27.0 Å². The Morgan fingerprint density at radius 2 is 2.15 bits per heavy atom. The van der Waals surface area contributed by atoms with E-state index in [1.807, 2.05) is 11.4 Å². The van der Waals surface area contributed by atoms with Crippen LogP contribution in [0.1, 0.15) is 15.2 Å². The molecule has 3 N–H and O–H groups in total. The highest BCUT2D eigenvalue weighted by Crippen LogP contribution is 2.20. The monoisotopic (exact) mass is 287 g/mol. The van der Waals surface area contributed by atoms with E-state index in [1.165, 1.54) is 11.3 Å². The standard InChI is InChI=1S/C13H9N3O3S/c17-11(10-2-1-5-20-10)7-3-4-8-9(6-7)15-12(14-8)16-13(18)19/h1-6H,(H,18,19)(H2,14,15,16). The number of carbonyl (C=O) groups is 2. The summed E-state index contributed by atoms with van der Waals surface area (Å²) in [4.78, 5) is 30.3. The first kappa shape index (κ1) is 12.4. The number of fused-ring (bicyclic) bond motifs is 1. The van der Waals surface area contributed by atoms with E-state index in [2.05, 4.69) is 15.3 Å². The molecule has 0 fully saturated rings. The molecule has 0 aliphatic heterocycles. The van der Waals surface area contributed by atoms with Crippen molar-refractivity contribution in [3.05, 3.63) is 46.2 Å². The molecule has 3 aromatic rings. The normalized spacial score (nSPS) is 10.6. The zero-order valence-electron chi connectivity index (χ0n) is 10.1. The number of aromatic nitrogens is 2. The first-order valence-corrected chi connectivity index (χ1v) is 6.59. The van der Waals surface area contributed by atoms with Gasteiger partial charge >= 0.3 is 6.09 Å². The molecule has 0 radical (unpaired) electrons. The minimum atomic E-state index is -1.20. The Morgan fingerprint density at radius 3 is 2.85 bits per heavy atom. The molecule has 0 unspecified atom stereocenters. The second-order valence-electron chi connectivity index (χ2n) is 4.05. The fourth-order valence-corrected chi connectivity index (χ4v) is 2.55. The number of nitrogens with zero attached hydrogens (tertiary/aromatic N) is 1. The highest BCUT2D eigenvalue weighted by atomic mass is 32.1. The van der Waals surface area contributed by atoms with Crippen molar-refractivity contribution in [3.63, 3.8) is 0 Å². The maximum absolute atomic E-state index is 12.2. The van der Waals surface area contributed by atoms with Crippen molar-refractivity contribution in [1.29, 1.82) is 0 Å². The largest absolute Gasteiger partial charge is 0.465 e. The molecule has 2 heterocycles. The van der Waals surface area contributed by atoms with E-state index in [-0.39, 0.29) is 11.7 Å². The third kappa shape index (κ3) is 2.26. The Labute approximate surface area is 117 Å². The summed E-state index contributed by atoms with van der Waals surface area (Å²) in [6.45, 7) is 0. The SMILES string of the molecule is O=C(O)Nc1nc2ccc(C(=O)c3cccs3)cc2[nH]1. The van der Waals surface area contributed by atoms with Gasteiger partial charge < -0.3 is 10.1 Å². The number of nitrogens with one attached hydrogen (secondary N) is 2. The molecule has 0 saturated heterocycles. The van der Waals surface area contributed by atoms with Crippen LogP contribution in [0.15, 0.2) is 35.7 Å². The molecule has 0 bridgehead atoms. The van der Waals surface area contributed by atoms with Crippen LogP contribution >= 0.6 is 11.3 Å². The number of hydrogen-bond acceptors (Lipinski definition) is 4. The molecule has 1 aromatic carbocycles. The number of thiophene rings is 1. The number of anilines is 1. The van der Waals surface area contributed by atoms with Gasteiger partial charge in [0.05, 0.1) is 15.9 Å². The average molecular weight is 287 g/mol. The zero-order valence-corrected chi connectivity index (χ0v) is 10.9. The fraction of sp³-hybridized carbons (Fsp3) is 0. The van der Waals surface area contributed by atoms with Crippen molar-refractivity contribution in [2.24, 2.45) is 0 Å². The van der Waals surface area contributed by atoms with Gasteiger partial charge in [-0.25, -0.2) is 9.78 Å². The van der Waals surface area contributed by atoms with Gasteiger partial charge in [-0.15, -0.1) is 11.3 Å². The van der Waals surface area contributed by atoms with E-state index >= 15 is 0 Å². The number of amides is 1. The van der Waals surface area contributed by atoms with Gasteiger partial charge in [-0.05, 0) is 29.6 Å². The predicted octanol–water partition coefficient (Wildman–Crippen LogP) is 2.95. The first-order chi connectivity index (χ1) is 9.63. The Bertz CT molecular complexity index is 792. The van der Waals surface area contributed by atoms with E-state index in [4.69, 9.17) is 5.11 Å². The smallest absolute Gasteiger partial charge is 0.411 e. The van der Waals surface area contributed by atoms with Gasteiger partial charge in [-0.1, -0.05) is 6.07 Å². The number of H-pyrrole nitrogens is 1. The number of benzene rings is 1. The highest BCUT2D eigenvalue weighted by Gasteiger charge is 2.12. The summed E-state index contributed by atoms with van der Waals surface area (Å²) in [6.07, 6.45) is -1.20. The molecule has 20 heavy (non-hydrogen) atoms. The third-order valence-corrected chi connectivity index (χ3v) is 3.58. The maximum atomic E-state index is 12.2. The molecule has 6 nitrogen and oxygen atoms in total. The van der Waals surface area contributed by atoms with Crippen molar-refractivity contribution in [2.75, 3.05) is 5.32 Å². The van der Waals surface area contributed by atoms with Crippen LogP contribution in [0, 0.1) is 0 Å². The molecule has 1 amide bonds. The second kappa shape index (κ2) is 4.78.